The SMILES string of the molecule is COC(=O)Oc1cccc(I)c1COc1cc(C)c(C)cc1F. The second-order valence-corrected chi connectivity index (χ2v) is 6.09. The van der Waals surface area contributed by atoms with Crippen LogP contribution in [0, 0.1) is 23.2 Å². The molecule has 0 aliphatic heterocycles. The Bertz CT molecular complexity index is 731. The van der Waals surface area contributed by atoms with Crippen LogP contribution in [0.2, 0.25) is 0 Å². The number of aryl methyl sites for hydroxylation is 2. The van der Waals surface area contributed by atoms with Gasteiger partial charge in [0.2, 0.25) is 0 Å². The van der Waals surface area contributed by atoms with Gasteiger partial charge in [-0.15, -0.1) is 0 Å². The van der Waals surface area contributed by atoms with Gasteiger partial charge in [0.05, 0.1) is 7.11 Å². The normalized spacial score (nSPS) is 10.3. The molecule has 0 saturated heterocycles. The molecule has 2 rings (SSSR count). The van der Waals surface area contributed by atoms with Gasteiger partial charge in [0.25, 0.3) is 0 Å². The molecule has 4 nitrogen and oxygen atoms in total. The van der Waals surface area contributed by atoms with Crippen LogP contribution < -0.4 is 9.47 Å². The fraction of sp³-hybridized carbons (Fsp3) is 0.235. The predicted molar refractivity (Wildman–Crippen MR) is 92.4 cm³/mol. The lowest BCUT2D eigenvalue weighted by atomic mass is 10.1. The molecule has 23 heavy (non-hydrogen) atoms. The molecule has 0 aromatic heterocycles. The van der Waals surface area contributed by atoms with Crippen molar-refractivity contribution in [2.24, 2.45) is 0 Å². The van der Waals surface area contributed by atoms with E-state index >= 15 is 0 Å². The summed E-state index contributed by atoms with van der Waals surface area (Å²) in [6.45, 7) is 3.80. The summed E-state index contributed by atoms with van der Waals surface area (Å²) in [6, 6.07) is 8.32. The molecule has 2 aromatic rings. The molecule has 0 spiro atoms. The highest BCUT2D eigenvalue weighted by Crippen LogP contribution is 2.28. The first kappa shape index (κ1) is 17.5. The highest BCUT2D eigenvalue weighted by atomic mass is 127. The number of carbonyl (C=O) groups is 1. The van der Waals surface area contributed by atoms with E-state index in [1.165, 1.54) is 13.2 Å². The van der Waals surface area contributed by atoms with E-state index in [9.17, 15) is 9.18 Å². The summed E-state index contributed by atoms with van der Waals surface area (Å²) in [5.41, 5.74) is 2.45. The number of rotatable bonds is 4. The van der Waals surface area contributed by atoms with E-state index in [-0.39, 0.29) is 12.4 Å². The lowest BCUT2D eigenvalue weighted by Gasteiger charge is -2.14. The van der Waals surface area contributed by atoms with Crippen LogP contribution in [0.3, 0.4) is 0 Å². The molecule has 0 aliphatic rings. The van der Waals surface area contributed by atoms with E-state index in [0.29, 0.717) is 11.3 Å². The van der Waals surface area contributed by atoms with Gasteiger partial charge in [0.15, 0.2) is 11.6 Å². The third-order valence-electron chi connectivity index (χ3n) is 3.36. The van der Waals surface area contributed by atoms with Crippen LogP contribution in [0.15, 0.2) is 30.3 Å². The molecule has 0 amide bonds. The highest BCUT2D eigenvalue weighted by Gasteiger charge is 2.14. The van der Waals surface area contributed by atoms with Crippen LogP contribution in [-0.2, 0) is 11.3 Å². The molecule has 0 radical (unpaired) electrons. The largest absolute Gasteiger partial charge is 0.513 e. The lowest BCUT2D eigenvalue weighted by molar-refractivity contribution is 0.120. The Kier molecular flexibility index (Phi) is 5.81. The summed E-state index contributed by atoms with van der Waals surface area (Å²) >= 11 is 2.10. The second-order valence-electron chi connectivity index (χ2n) is 4.93. The zero-order chi connectivity index (χ0) is 17.0. The average Bonchev–Trinajstić information content (AvgIpc) is 2.51. The van der Waals surface area contributed by atoms with Gasteiger partial charge in [-0.2, -0.15) is 0 Å². The molecule has 0 bridgehead atoms. The van der Waals surface area contributed by atoms with Crippen LogP contribution in [-0.4, -0.2) is 13.3 Å². The van der Waals surface area contributed by atoms with Gasteiger partial charge in [-0.25, -0.2) is 9.18 Å². The van der Waals surface area contributed by atoms with Gasteiger partial charge in [0, 0.05) is 9.13 Å². The first-order valence-corrected chi connectivity index (χ1v) is 7.93. The molecule has 0 saturated carbocycles. The molecule has 122 valence electrons. The Morgan fingerprint density at radius 2 is 1.87 bits per heavy atom. The quantitative estimate of drug-likeness (QED) is 0.398. The maximum absolute atomic E-state index is 14.0. The van der Waals surface area contributed by atoms with Crippen molar-refractivity contribution in [2.45, 2.75) is 20.5 Å². The Hall–Kier alpha value is -1.83. The molecule has 0 aliphatic carbocycles. The summed E-state index contributed by atoms with van der Waals surface area (Å²) < 4.78 is 30.0. The number of benzene rings is 2. The predicted octanol–water partition coefficient (Wildman–Crippen LogP) is 4.77. The highest BCUT2D eigenvalue weighted by molar-refractivity contribution is 14.1. The number of carbonyl (C=O) groups excluding carboxylic acids is 1. The average molecular weight is 430 g/mol. The van der Waals surface area contributed by atoms with Crippen molar-refractivity contribution >= 4 is 28.7 Å². The maximum atomic E-state index is 14.0. The molecule has 2 aromatic carbocycles. The topological polar surface area (TPSA) is 44.8 Å². The Balaban J connectivity index is 2.23. The summed E-state index contributed by atoms with van der Waals surface area (Å²) in [5.74, 6) is 0.0687. The maximum Gasteiger partial charge on any atom is 0.513 e. The Labute approximate surface area is 147 Å². The molecule has 0 unspecified atom stereocenters. The fourth-order valence-corrected chi connectivity index (χ4v) is 2.55. The third kappa shape index (κ3) is 4.34. The van der Waals surface area contributed by atoms with Crippen LogP contribution in [0.25, 0.3) is 0 Å². The molecular formula is C17H16FIO4. The molecule has 6 heteroatoms. The van der Waals surface area contributed by atoms with Crippen molar-refractivity contribution in [3.8, 4) is 11.5 Å². The first-order chi connectivity index (χ1) is 10.9. The third-order valence-corrected chi connectivity index (χ3v) is 4.37. The minimum Gasteiger partial charge on any atom is -0.486 e. The standard InChI is InChI=1S/C17H16FIO4/c1-10-7-13(18)16(8-11(10)2)22-9-12-14(19)5-4-6-15(12)23-17(20)21-3/h4-8H,9H2,1-3H3. The summed E-state index contributed by atoms with van der Waals surface area (Å²) in [7, 11) is 1.23. The van der Waals surface area contributed by atoms with Gasteiger partial charge in [0.1, 0.15) is 12.4 Å². The van der Waals surface area contributed by atoms with Gasteiger partial charge in [-0.05, 0) is 71.8 Å². The number of hydrogen-bond acceptors (Lipinski definition) is 4. The minimum atomic E-state index is -0.814. The van der Waals surface area contributed by atoms with Gasteiger partial charge in [-0.3, -0.25) is 0 Å². The van der Waals surface area contributed by atoms with E-state index in [1.807, 2.05) is 19.9 Å². The molecule has 0 heterocycles. The minimum absolute atomic E-state index is 0.0743. The Morgan fingerprint density at radius 1 is 1.17 bits per heavy atom. The summed E-state index contributed by atoms with van der Waals surface area (Å²) in [6.07, 6.45) is -0.814. The van der Waals surface area contributed by atoms with E-state index < -0.39 is 12.0 Å². The van der Waals surface area contributed by atoms with Gasteiger partial charge in [-0.1, -0.05) is 6.07 Å². The summed E-state index contributed by atoms with van der Waals surface area (Å²) in [5, 5.41) is 0. The van der Waals surface area contributed by atoms with Crippen molar-refractivity contribution in [3.63, 3.8) is 0 Å². The smallest absolute Gasteiger partial charge is 0.486 e. The van der Waals surface area contributed by atoms with Crippen LogP contribution >= 0.6 is 22.6 Å². The molecule has 0 atom stereocenters. The first-order valence-electron chi connectivity index (χ1n) is 6.85. The molecular weight excluding hydrogens is 414 g/mol. The van der Waals surface area contributed by atoms with Crippen molar-refractivity contribution in [1.29, 1.82) is 0 Å². The van der Waals surface area contributed by atoms with E-state index in [4.69, 9.17) is 9.47 Å². The monoisotopic (exact) mass is 430 g/mol. The van der Waals surface area contributed by atoms with Crippen LogP contribution in [0.4, 0.5) is 9.18 Å². The fourth-order valence-electron chi connectivity index (χ4n) is 1.92. The number of methoxy groups -OCH3 is 1. The van der Waals surface area contributed by atoms with Crippen molar-refractivity contribution in [3.05, 3.63) is 56.4 Å². The summed E-state index contributed by atoms with van der Waals surface area (Å²) in [4.78, 5) is 11.3. The second kappa shape index (κ2) is 7.63. The number of hydrogen-bond donors (Lipinski definition) is 0. The van der Waals surface area contributed by atoms with Crippen molar-refractivity contribution in [1.82, 2.24) is 0 Å². The van der Waals surface area contributed by atoms with E-state index in [2.05, 4.69) is 27.3 Å². The van der Waals surface area contributed by atoms with Crippen molar-refractivity contribution < 1.29 is 23.4 Å². The lowest BCUT2D eigenvalue weighted by Crippen LogP contribution is -2.11. The van der Waals surface area contributed by atoms with E-state index in [1.54, 1.807) is 18.2 Å². The molecule has 0 fully saturated rings. The van der Waals surface area contributed by atoms with Crippen molar-refractivity contribution in [2.75, 3.05) is 7.11 Å². The zero-order valence-electron chi connectivity index (χ0n) is 13.0. The van der Waals surface area contributed by atoms with E-state index in [0.717, 1.165) is 14.7 Å². The Morgan fingerprint density at radius 3 is 2.57 bits per heavy atom. The molecule has 0 N–H and O–H groups in total. The van der Waals surface area contributed by atoms with Gasteiger partial charge >= 0.3 is 6.16 Å². The zero-order valence-corrected chi connectivity index (χ0v) is 15.1. The van der Waals surface area contributed by atoms with Crippen LogP contribution in [0.5, 0.6) is 11.5 Å². The van der Waals surface area contributed by atoms with Crippen LogP contribution in [0.1, 0.15) is 16.7 Å². The number of halogens is 2. The van der Waals surface area contributed by atoms with Gasteiger partial charge < -0.3 is 14.2 Å². The number of ether oxygens (including phenoxy) is 3.